The molecule has 1 saturated carbocycles. The lowest BCUT2D eigenvalue weighted by molar-refractivity contribution is 0.290. The largest absolute Gasteiger partial charge is 0.469 e. The fraction of sp³-hybridized carbons (Fsp3) is 0.375. The number of nitrogens with one attached hydrogen (secondary N) is 1. The summed E-state index contributed by atoms with van der Waals surface area (Å²) in [6.45, 7) is 1.01. The summed E-state index contributed by atoms with van der Waals surface area (Å²) in [5, 5.41) is 3.60. The summed E-state index contributed by atoms with van der Waals surface area (Å²) >= 11 is 3.48. The number of benzene rings is 1. The SMILES string of the molecule is Brc1ccc(C2CC(NCCc3ccco3)C2)cc1. The van der Waals surface area contributed by atoms with Crippen LogP contribution in [-0.4, -0.2) is 12.6 Å². The van der Waals surface area contributed by atoms with Crippen molar-refractivity contribution in [3.63, 3.8) is 0 Å². The minimum absolute atomic E-state index is 0.670. The van der Waals surface area contributed by atoms with Crippen LogP contribution in [-0.2, 0) is 6.42 Å². The summed E-state index contributed by atoms with van der Waals surface area (Å²) in [5.41, 5.74) is 1.47. The first kappa shape index (κ1) is 12.9. The predicted molar refractivity (Wildman–Crippen MR) is 80.3 cm³/mol. The standard InChI is InChI=1S/C16H18BrNO/c17-14-5-3-12(4-6-14)13-10-15(11-13)18-8-7-16-2-1-9-19-16/h1-6,9,13,15,18H,7-8,10-11H2. The fourth-order valence-electron chi connectivity index (χ4n) is 2.65. The zero-order valence-corrected chi connectivity index (χ0v) is 12.4. The summed E-state index contributed by atoms with van der Waals surface area (Å²) in [6, 6.07) is 13.4. The molecule has 0 saturated heterocycles. The Morgan fingerprint density at radius 3 is 2.63 bits per heavy atom. The van der Waals surface area contributed by atoms with Gasteiger partial charge in [0, 0.05) is 23.5 Å². The molecular weight excluding hydrogens is 302 g/mol. The van der Waals surface area contributed by atoms with Crippen LogP contribution in [0.5, 0.6) is 0 Å². The fourth-order valence-corrected chi connectivity index (χ4v) is 2.91. The number of furan rings is 1. The molecule has 0 unspecified atom stereocenters. The van der Waals surface area contributed by atoms with Gasteiger partial charge in [0.1, 0.15) is 5.76 Å². The maximum Gasteiger partial charge on any atom is 0.105 e. The Morgan fingerprint density at radius 2 is 1.95 bits per heavy atom. The van der Waals surface area contributed by atoms with Crippen LogP contribution in [0.25, 0.3) is 0 Å². The van der Waals surface area contributed by atoms with E-state index in [1.54, 1.807) is 6.26 Å². The molecule has 0 bridgehead atoms. The van der Waals surface area contributed by atoms with E-state index in [2.05, 4.69) is 45.5 Å². The molecule has 1 heterocycles. The van der Waals surface area contributed by atoms with Crippen molar-refractivity contribution in [1.29, 1.82) is 0 Å². The van der Waals surface area contributed by atoms with Crippen molar-refractivity contribution in [2.75, 3.05) is 6.54 Å². The first-order valence-corrected chi connectivity index (χ1v) is 7.62. The van der Waals surface area contributed by atoms with E-state index < -0.39 is 0 Å². The van der Waals surface area contributed by atoms with Gasteiger partial charge >= 0.3 is 0 Å². The van der Waals surface area contributed by atoms with Gasteiger partial charge < -0.3 is 9.73 Å². The van der Waals surface area contributed by atoms with E-state index in [-0.39, 0.29) is 0 Å². The summed E-state index contributed by atoms with van der Waals surface area (Å²) in [7, 11) is 0. The van der Waals surface area contributed by atoms with Crippen molar-refractivity contribution in [2.45, 2.75) is 31.2 Å². The van der Waals surface area contributed by atoms with Gasteiger partial charge in [-0.2, -0.15) is 0 Å². The van der Waals surface area contributed by atoms with Crippen LogP contribution in [0.3, 0.4) is 0 Å². The van der Waals surface area contributed by atoms with Gasteiger partial charge in [-0.15, -0.1) is 0 Å². The van der Waals surface area contributed by atoms with Crippen LogP contribution in [0.1, 0.15) is 30.1 Å². The van der Waals surface area contributed by atoms with Gasteiger partial charge in [0.25, 0.3) is 0 Å². The van der Waals surface area contributed by atoms with Crippen LogP contribution in [0, 0.1) is 0 Å². The first-order chi connectivity index (χ1) is 9.31. The second-order valence-corrected chi connectivity index (χ2v) is 6.12. The number of rotatable bonds is 5. The summed E-state index contributed by atoms with van der Waals surface area (Å²) < 4.78 is 6.48. The zero-order chi connectivity index (χ0) is 13.1. The third-order valence-electron chi connectivity index (χ3n) is 3.86. The van der Waals surface area contributed by atoms with E-state index in [0.29, 0.717) is 6.04 Å². The second-order valence-electron chi connectivity index (χ2n) is 5.20. The van der Waals surface area contributed by atoms with Crippen molar-refractivity contribution < 1.29 is 4.42 Å². The highest BCUT2D eigenvalue weighted by Crippen LogP contribution is 2.37. The van der Waals surface area contributed by atoms with Gasteiger partial charge in [-0.3, -0.25) is 0 Å². The molecule has 1 aliphatic carbocycles. The predicted octanol–water partition coefficient (Wildman–Crippen LogP) is 4.12. The topological polar surface area (TPSA) is 25.2 Å². The number of hydrogen-bond acceptors (Lipinski definition) is 2. The van der Waals surface area contributed by atoms with Gasteiger partial charge in [-0.1, -0.05) is 28.1 Å². The Kier molecular flexibility index (Phi) is 4.04. The molecule has 1 N–H and O–H groups in total. The molecule has 2 nitrogen and oxygen atoms in total. The van der Waals surface area contributed by atoms with Gasteiger partial charge in [0.05, 0.1) is 6.26 Å². The molecule has 0 amide bonds. The maximum atomic E-state index is 5.32. The molecule has 0 spiro atoms. The van der Waals surface area contributed by atoms with Crippen LogP contribution in [0.2, 0.25) is 0 Å². The minimum atomic E-state index is 0.670. The molecule has 0 radical (unpaired) electrons. The average molecular weight is 320 g/mol. The Labute approximate surface area is 122 Å². The van der Waals surface area contributed by atoms with Gasteiger partial charge in [-0.05, 0) is 48.6 Å². The molecule has 3 heteroatoms. The van der Waals surface area contributed by atoms with E-state index in [1.807, 2.05) is 12.1 Å². The highest BCUT2D eigenvalue weighted by Gasteiger charge is 2.29. The highest BCUT2D eigenvalue weighted by atomic mass is 79.9. The molecule has 0 atom stereocenters. The minimum Gasteiger partial charge on any atom is -0.469 e. The van der Waals surface area contributed by atoms with Crippen LogP contribution >= 0.6 is 15.9 Å². The van der Waals surface area contributed by atoms with Crippen molar-refractivity contribution >= 4 is 15.9 Å². The molecular formula is C16H18BrNO. The van der Waals surface area contributed by atoms with E-state index in [0.717, 1.165) is 29.1 Å². The van der Waals surface area contributed by atoms with E-state index in [9.17, 15) is 0 Å². The lowest BCUT2D eigenvalue weighted by Crippen LogP contribution is -2.40. The Hall–Kier alpha value is -1.06. The summed E-state index contributed by atoms with van der Waals surface area (Å²) in [4.78, 5) is 0. The molecule has 3 rings (SSSR count). The van der Waals surface area contributed by atoms with Crippen molar-refractivity contribution in [2.24, 2.45) is 0 Å². The zero-order valence-electron chi connectivity index (χ0n) is 10.8. The smallest absolute Gasteiger partial charge is 0.105 e. The second kappa shape index (κ2) is 5.93. The van der Waals surface area contributed by atoms with Crippen molar-refractivity contribution in [3.8, 4) is 0 Å². The molecule has 1 aliphatic rings. The average Bonchev–Trinajstić information content (AvgIpc) is 2.87. The third-order valence-corrected chi connectivity index (χ3v) is 4.39. The van der Waals surface area contributed by atoms with Gasteiger partial charge in [-0.25, -0.2) is 0 Å². The quantitative estimate of drug-likeness (QED) is 0.896. The van der Waals surface area contributed by atoms with E-state index >= 15 is 0 Å². The maximum absolute atomic E-state index is 5.32. The molecule has 1 aromatic heterocycles. The summed E-state index contributed by atoms with van der Waals surface area (Å²) in [6.07, 6.45) is 5.22. The Bertz CT molecular complexity index is 500. The van der Waals surface area contributed by atoms with Gasteiger partial charge in [0.15, 0.2) is 0 Å². The number of halogens is 1. The monoisotopic (exact) mass is 319 g/mol. The molecule has 100 valence electrons. The normalized spacial score (nSPS) is 22.2. The van der Waals surface area contributed by atoms with Gasteiger partial charge in [0.2, 0.25) is 0 Å². The molecule has 0 aliphatic heterocycles. The molecule has 1 fully saturated rings. The van der Waals surface area contributed by atoms with Crippen LogP contribution in [0.15, 0.2) is 51.6 Å². The highest BCUT2D eigenvalue weighted by molar-refractivity contribution is 9.10. The van der Waals surface area contributed by atoms with Crippen LogP contribution in [0.4, 0.5) is 0 Å². The molecule has 1 aromatic carbocycles. The summed E-state index contributed by atoms with van der Waals surface area (Å²) in [5.74, 6) is 1.80. The molecule has 19 heavy (non-hydrogen) atoms. The van der Waals surface area contributed by atoms with Crippen molar-refractivity contribution in [3.05, 3.63) is 58.5 Å². The van der Waals surface area contributed by atoms with Crippen LogP contribution < -0.4 is 5.32 Å². The first-order valence-electron chi connectivity index (χ1n) is 6.82. The van der Waals surface area contributed by atoms with E-state index in [1.165, 1.54) is 18.4 Å². The number of hydrogen-bond donors (Lipinski definition) is 1. The Morgan fingerprint density at radius 1 is 1.16 bits per heavy atom. The third kappa shape index (κ3) is 3.28. The lowest BCUT2D eigenvalue weighted by Gasteiger charge is -2.36. The lowest BCUT2D eigenvalue weighted by atomic mass is 9.76. The molecule has 2 aromatic rings. The Balaban J connectivity index is 1.39. The van der Waals surface area contributed by atoms with Crippen molar-refractivity contribution in [1.82, 2.24) is 5.32 Å². The van der Waals surface area contributed by atoms with E-state index in [4.69, 9.17) is 4.42 Å².